The largest absolute Gasteiger partial charge is 0.461 e. The monoisotopic (exact) mass is 512 g/mol. The lowest BCUT2D eigenvalue weighted by Gasteiger charge is -2.21. The third-order valence-corrected chi connectivity index (χ3v) is 4.49. The van der Waals surface area contributed by atoms with Crippen LogP contribution in [0.4, 0.5) is 0 Å². The fourth-order valence-corrected chi connectivity index (χ4v) is 2.15. The molecule has 0 unspecified atom stereocenters. The van der Waals surface area contributed by atoms with Gasteiger partial charge in [-0.1, -0.05) is 41.5 Å². The highest BCUT2D eigenvalue weighted by Gasteiger charge is 2.25. The fraction of sp³-hybridized carbons (Fsp3) is 0.667. The summed E-state index contributed by atoms with van der Waals surface area (Å²) < 4.78 is 9.74. The summed E-state index contributed by atoms with van der Waals surface area (Å²) in [4.78, 5) is 71.0. The molecule has 12 heteroatoms. The van der Waals surface area contributed by atoms with Gasteiger partial charge in [0.15, 0.2) is 0 Å². The molecule has 0 aromatic rings. The van der Waals surface area contributed by atoms with Crippen LogP contribution in [0.1, 0.15) is 55.4 Å². The van der Waals surface area contributed by atoms with Gasteiger partial charge in [0.2, 0.25) is 23.6 Å². The van der Waals surface area contributed by atoms with Crippen molar-refractivity contribution in [1.29, 1.82) is 0 Å². The molecule has 0 rings (SSSR count). The molecule has 12 nitrogen and oxygen atoms in total. The SMILES string of the molecule is C[C@H](NC(=O)C(C)(C)C)C(=O)NCCOC(=O)/C=C/C(=O)OCCNC(=O)[C@H](C)NC(=O)C(C)(C)C. The van der Waals surface area contributed by atoms with E-state index < -0.39 is 46.7 Å². The first kappa shape index (κ1) is 32.6. The van der Waals surface area contributed by atoms with E-state index in [2.05, 4.69) is 21.3 Å². The van der Waals surface area contributed by atoms with Crippen molar-refractivity contribution in [3.05, 3.63) is 12.2 Å². The predicted octanol–water partition coefficient (Wildman–Crippen LogP) is -0.0370. The van der Waals surface area contributed by atoms with Crippen LogP contribution in [0.3, 0.4) is 0 Å². The van der Waals surface area contributed by atoms with Gasteiger partial charge in [-0.25, -0.2) is 9.59 Å². The summed E-state index contributed by atoms with van der Waals surface area (Å²) in [6, 6.07) is -1.50. The number of amides is 4. The molecular formula is C24H40N4O8. The van der Waals surface area contributed by atoms with E-state index in [9.17, 15) is 28.8 Å². The normalized spacial score (nSPS) is 13.2. The minimum atomic E-state index is -0.813. The molecule has 2 atom stereocenters. The first-order valence-electron chi connectivity index (χ1n) is 11.6. The fourth-order valence-electron chi connectivity index (χ4n) is 2.15. The Labute approximate surface area is 212 Å². The van der Waals surface area contributed by atoms with Gasteiger partial charge in [0.1, 0.15) is 25.3 Å². The van der Waals surface area contributed by atoms with Crippen LogP contribution in [0, 0.1) is 10.8 Å². The van der Waals surface area contributed by atoms with Crippen LogP contribution >= 0.6 is 0 Å². The zero-order valence-electron chi connectivity index (χ0n) is 22.4. The highest BCUT2D eigenvalue weighted by atomic mass is 16.5. The first-order chi connectivity index (χ1) is 16.4. The molecule has 204 valence electrons. The molecule has 4 amide bonds. The van der Waals surface area contributed by atoms with E-state index in [0.29, 0.717) is 0 Å². The lowest BCUT2D eigenvalue weighted by molar-refractivity contribution is -0.140. The van der Waals surface area contributed by atoms with Gasteiger partial charge in [-0.15, -0.1) is 0 Å². The zero-order chi connectivity index (χ0) is 28.1. The van der Waals surface area contributed by atoms with Crippen molar-refractivity contribution >= 4 is 35.6 Å². The molecule has 0 saturated heterocycles. The molecule has 0 aliphatic heterocycles. The smallest absolute Gasteiger partial charge is 0.331 e. The van der Waals surface area contributed by atoms with Gasteiger partial charge in [-0.3, -0.25) is 19.2 Å². The number of esters is 2. The van der Waals surface area contributed by atoms with E-state index in [1.165, 1.54) is 13.8 Å². The summed E-state index contributed by atoms with van der Waals surface area (Å²) in [5.74, 6) is -3.02. The molecule has 0 spiro atoms. The van der Waals surface area contributed by atoms with Gasteiger partial charge in [0.25, 0.3) is 0 Å². The maximum absolute atomic E-state index is 12.0. The molecule has 0 aliphatic rings. The molecule has 0 radical (unpaired) electrons. The number of nitrogens with one attached hydrogen (secondary N) is 4. The average molecular weight is 513 g/mol. The molecule has 0 fully saturated rings. The summed E-state index contributed by atoms with van der Waals surface area (Å²) in [5, 5.41) is 10.2. The molecule has 0 aliphatic carbocycles. The third-order valence-electron chi connectivity index (χ3n) is 4.49. The summed E-state index contributed by atoms with van der Waals surface area (Å²) in [5.41, 5.74) is -1.26. The summed E-state index contributed by atoms with van der Waals surface area (Å²) in [6.45, 7) is 13.2. The number of ether oxygens (including phenoxy) is 2. The second-order valence-corrected chi connectivity index (χ2v) is 10.1. The molecule has 0 heterocycles. The topological polar surface area (TPSA) is 169 Å². The molecular weight excluding hydrogens is 472 g/mol. The van der Waals surface area contributed by atoms with Gasteiger partial charge < -0.3 is 30.7 Å². The third kappa shape index (κ3) is 14.1. The summed E-state index contributed by atoms with van der Waals surface area (Å²) in [6.07, 6.45) is 1.75. The van der Waals surface area contributed by atoms with E-state index in [0.717, 1.165) is 12.2 Å². The predicted molar refractivity (Wildman–Crippen MR) is 131 cm³/mol. The van der Waals surface area contributed by atoms with Crippen LogP contribution in [0.25, 0.3) is 0 Å². The van der Waals surface area contributed by atoms with Crippen LogP contribution in [-0.2, 0) is 38.2 Å². The summed E-state index contributed by atoms with van der Waals surface area (Å²) >= 11 is 0. The molecule has 4 N–H and O–H groups in total. The Morgan fingerprint density at radius 2 is 0.944 bits per heavy atom. The Bertz CT molecular complexity index is 772. The van der Waals surface area contributed by atoms with Crippen LogP contribution in [0.5, 0.6) is 0 Å². The second-order valence-electron chi connectivity index (χ2n) is 10.1. The van der Waals surface area contributed by atoms with Gasteiger partial charge in [0.05, 0.1) is 13.1 Å². The minimum absolute atomic E-state index is 0.0207. The van der Waals surface area contributed by atoms with Crippen molar-refractivity contribution < 1.29 is 38.2 Å². The molecule has 0 saturated carbocycles. The van der Waals surface area contributed by atoms with Crippen molar-refractivity contribution in [1.82, 2.24) is 21.3 Å². The van der Waals surface area contributed by atoms with Gasteiger partial charge in [-0.2, -0.15) is 0 Å². The van der Waals surface area contributed by atoms with E-state index in [-0.39, 0.29) is 38.1 Å². The Morgan fingerprint density at radius 3 is 1.22 bits per heavy atom. The Hall–Kier alpha value is -3.44. The average Bonchev–Trinajstić information content (AvgIpc) is 2.76. The minimum Gasteiger partial charge on any atom is -0.461 e. The number of hydrogen-bond acceptors (Lipinski definition) is 8. The van der Waals surface area contributed by atoms with Crippen LogP contribution in [0.2, 0.25) is 0 Å². The number of rotatable bonds is 12. The lowest BCUT2D eigenvalue weighted by Crippen LogP contribution is -2.48. The standard InChI is InChI=1S/C24H40N4O8/c1-15(27-21(33)23(3,4)5)19(31)25-11-13-35-17(29)9-10-18(30)36-14-12-26-20(32)16(2)28-22(34)24(6,7)8/h9-10,15-16H,11-14H2,1-8H3,(H,25,31)(H,26,32)(H,27,33)(H,28,34)/b10-9+/t15-,16-/m0/s1. The number of hydrogen-bond donors (Lipinski definition) is 4. The van der Waals surface area contributed by atoms with Crippen molar-refractivity contribution in [3.8, 4) is 0 Å². The highest BCUT2D eigenvalue weighted by Crippen LogP contribution is 2.13. The first-order valence-corrected chi connectivity index (χ1v) is 11.6. The van der Waals surface area contributed by atoms with Crippen molar-refractivity contribution in [2.24, 2.45) is 10.8 Å². The maximum Gasteiger partial charge on any atom is 0.331 e. The van der Waals surface area contributed by atoms with E-state index in [1.54, 1.807) is 41.5 Å². The van der Waals surface area contributed by atoms with Crippen LogP contribution in [0.15, 0.2) is 12.2 Å². The molecule has 36 heavy (non-hydrogen) atoms. The lowest BCUT2D eigenvalue weighted by atomic mass is 9.95. The zero-order valence-corrected chi connectivity index (χ0v) is 22.4. The number of carbonyl (C=O) groups is 6. The van der Waals surface area contributed by atoms with Crippen molar-refractivity contribution in [2.45, 2.75) is 67.5 Å². The van der Waals surface area contributed by atoms with Gasteiger partial charge in [0, 0.05) is 23.0 Å². The van der Waals surface area contributed by atoms with Gasteiger partial charge in [-0.05, 0) is 13.8 Å². The summed E-state index contributed by atoms with van der Waals surface area (Å²) in [7, 11) is 0. The van der Waals surface area contributed by atoms with E-state index in [1.807, 2.05) is 0 Å². The quantitative estimate of drug-likeness (QED) is 0.160. The second kappa shape index (κ2) is 14.8. The van der Waals surface area contributed by atoms with Crippen molar-refractivity contribution in [2.75, 3.05) is 26.3 Å². The van der Waals surface area contributed by atoms with Crippen molar-refractivity contribution in [3.63, 3.8) is 0 Å². The van der Waals surface area contributed by atoms with E-state index >= 15 is 0 Å². The van der Waals surface area contributed by atoms with Crippen LogP contribution < -0.4 is 21.3 Å². The van der Waals surface area contributed by atoms with Gasteiger partial charge >= 0.3 is 11.9 Å². The molecule has 0 bridgehead atoms. The Balaban J connectivity index is 4.11. The highest BCUT2D eigenvalue weighted by molar-refractivity contribution is 5.92. The number of carbonyl (C=O) groups excluding carboxylic acids is 6. The molecule has 0 aromatic heterocycles. The molecule has 0 aromatic carbocycles. The maximum atomic E-state index is 12.0. The Kier molecular flexibility index (Phi) is 13.4. The van der Waals surface area contributed by atoms with E-state index in [4.69, 9.17) is 9.47 Å². The Morgan fingerprint density at radius 1 is 0.639 bits per heavy atom. The van der Waals surface area contributed by atoms with Crippen LogP contribution in [-0.4, -0.2) is 74.0 Å².